The summed E-state index contributed by atoms with van der Waals surface area (Å²) in [6, 6.07) is 7.00. The Morgan fingerprint density at radius 3 is 2.46 bits per heavy atom. The Balaban J connectivity index is 2.40. The largest absolute Gasteiger partial charge is 0.443 e. The van der Waals surface area contributed by atoms with Crippen LogP contribution in [0.1, 0.15) is 34.1 Å². The minimum absolute atomic E-state index is 0.103. The Kier molecular flexibility index (Phi) is 6.42. The Labute approximate surface area is 161 Å². The highest BCUT2D eigenvalue weighted by Gasteiger charge is 2.24. The summed E-state index contributed by atoms with van der Waals surface area (Å²) in [4.78, 5) is 28.9. The maximum Gasteiger partial charge on any atom is 0.421 e. The molecule has 140 valence electrons. The number of hydrogen-bond donors (Lipinski definition) is 2. The molecule has 0 spiro atoms. The molecule has 2 amide bonds. The molecule has 0 saturated heterocycles. The molecule has 8 heteroatoms. The quantitative estimate of drug-likeness (QED) is 0.751. The number of nitrogens with zero attached hydrogens (tertiary/aromatic N) is 2. The standard InChI is InChI=1S/C18H23BrN4O3/c1-5-10-20-16(24)22-15-21-11-14(12-6-8-13(19)9-7-12)23(15)17(25)26-18(2,3)4/h6-9,11H,5,10H2,1-4H3,(H2,20,21,22,24). The molecule has 2 N–H and O–H groups in total. The lowest BCUT2D eigenvalue weighted by Crippen LogP contribution is -2.33. The molecule has 1 heterocycles. The van der Waals surface area contributed by atoms with E-state index in [2.05, 4.69) is 31.5 Å². The van der Waals surface area contributed by atoms with Crippen LogP contribution >= 0.6 is 15.9 Å². The van der Waals surface area contributed by atoms with Gasteiger partial charge in [0.15, 0.2) is 0 Å². The molecule has 26 heavy (non-hydrogen) atoms. The Bertz CT molecular complexity index is 779. The number of benzene rings is 1. The van der Waals surface area contributed by atoms with Gasteiger partial charge in [-0.15, -0.1) is 0 Å². The number of hydrogen-bond acceptors (Lipinski definition) is 4. The molecule has 1 aromatic carbocycles. The van der Waals surface area contributed by atoms with Crippen LogP contribution in [0, 0.1) is 0 Å². The number of halogens is 1. The van der Waals surface area contributed by atoms with Gasteiger partial charge in [0.1, 0.15) is 5.60 Å². The van der Waals surface area contributed by atoms with Crippen molar-refractivity contribution < 1.29 is 14.3 Å². The molecule has 7 nitrogen and oxygen atoms in total. The molecule has 0 aliphatic heterocycles. The molecule has 2 aromatic rings. The summed E-state index contributed by atoms with van der Waals surface area (Å²) in [6.07, 6.45) is 1.72. The SMILES string of the molecule is CCCNC(=O)Nc1ncc(-c2ccc(Br)cc2)n1C(=O)OC(C)(C)C. The van der Waals surface area contributed by atoms with Crippen LogP contribution in [-0.2, 0) is 4.74 Å². The molecule has 0 aliphatic rings. The van der Waals surface area contributed by atoms with Gasteiger partial charge in [0, 0.05) is 16.6 Å². The summed E-state index contributed by atoms with van der Waals surface area (Å²) < 4.78 is 7.66. The lowest BCUT2D eigenvalue weighted by molar-refractivity contribution is 0.0543. The van der Waals surface area contributed by atoms with Crippen molar-refractivity contribution in [3.63, 3.8) is 0 Å². The summed E-state index contributed by atoms with van der Waals surface area (Å²) in [6.45, 7) is 7.82. The van der Waals surface area contributed by atoms with Gasteiger partial charge < -0.3 is 10.1 Å². The van der Waals surface area contributed by atoms with Crippen molar-refractivity contribution in [1.29, 1.82) is 0 Å². The van der Waals surface area contributed by atoms with E-state index in [1.165, 1.54) is 10.8 Å². The van der Waals surface area contributed by atoms with Gasteiger partial charge in [0.25, 0.3) is 0 Å². The molecule has 0 radical (unpaired) electrons. The normalized spacial score (nSPS) is 11.1. The molecule has 0 saturated carbocycles. The molecule has 1 aromatic heterocycles. The fourth-order valence-electron chi connectivity index (χ4n) is 2.14. The van der Waals surface area contributed by atoms with Crippen LogP contribution in [-0.4, -0.2) is 33.8 Å². The van der Waals surface area contributed by atoms with Crippen molar-refractivity contribution in [2.45, 2.75) is 39.7 Å². The van der Waals surface area contributed by atoms with E-state index in [0.29, 0.717) is 12.2 Å². The van der Waals surface area contributed by atoms with Crippen molar-refractivity contribution in [3.05, 3.63) is 34.9 Å². The third-order valence-corrected chi connectivity index (χ3v) is 3.77. The molecule has 0 bridgehead atoms. The van der Waals surface area contributed by atoms with E-state index >= 15 is 0 Å². The molecule has 0 unspecified atom stereocenters. The van der Waals surface area contributed by atoms with Crippen molar-refractivity contribution in [1.82, 2.24) is 14.9 Å². The van der Waals surface area contributed by atoms with Gasteiger partial charge in [-0.25, -0.2) is 19.1 Å². The highest BCUT2D eigenvalue weighted by Crippen LogP contribution is 2.26. The summed E-state index contributed by atoms with van der Waals surface area (Å²) in [7, 11) is 0. The first-order chi connectivity index (χ1) is 12.2. The summed E-state index contributed by atoms with van der Waals surface area (Å²) >= 11 is 3.39. The average Bonchev–Trinajstić information content (AvgIpc) is 2.95. The lowest BCUT2D eigenvalue weighted by atomic mass is 10.2. The number of ether oxygens (including phenoxy) is 1. The molecule has 2 rings (SSSR count). The monoisotopic (exact) mass is 422 g/mol. The second kappa shape index (κ2) is 8.35. The first-order valence-corrected chi connectivity index (χ1v) is 9.12. The van der Waals surface area contributed by atoms with Gasteiger partial charge in [-0.05, 0) is 39.3 Å². The Morgan fingerprint density at radius 1 is 1.23 bits per heavy atom. The van der Waals surface area contributed by atoms with Crippen LogP contribution in [0.5, 0.6) is 0 Å². The number of carbonyl (C=O) groups excluding carboxylic acids is 2. The number of rotatable bonds is 4. The fourth-order valence-corrected chi connectivity index (χ4v) is 2.41. The molecule has 0 aliphatic carbocycles. The van der Waals surface area contributed by atoms with Gasteiger partial charge in [-0.1, -0.05) is 35.0 Å². The second-order valence-corrected chi connectivity index (χ2v) is 7.59. The van der Waals surface area contributed by atoms with Crippen LogP contribution in [0.15, 0.2) is 34.9 Å². The number of urea groups is 1. The maximum absolute atomic E-state index is 12.7. The van der Waals surface area contributed by atoms with E-state index in [1.54, 1.807) is 20.8 Å². The van der Waals surface area contributed by atoms with Gasteiger partial charge in [0.05, 0.1) is 11.9 Å². The van der Waals surface area contributed by atoms with E-state index in [0.717, 1.165) is 16.5 Å². The number of aromatic nitrogens is 2. The number of imidazole rings is 1. The van der Waals surface area contributed by atoms with E-state index in [9.17, 15) is 9.59 Å². The van der Waals surface area contributed by atoms with E-state index in [4.69, 9.17) is 4.74 Å². The first kappa shape index (κ1) is 20.0. The number of amides is 2. The third-order valence-electron chi connectivity index (χ3n) is 3.24. The van der Waals surface area contributed by atoms with E-state index in [1.807, 2.05) is 31.2 Å². The van der Waals surface area contributed by atoms with Crippen LogP contribution in [0.4, 0.5) is 15.5 Å². The maximum atomic E-state index is 12.7. The number of anilines is 1. The van der Waals surface area contributed by atoms with Crippen molar-refractivity contribution >= 4 is 34.0 Å². The number of carbonyl (C=O) groups is 2. The molecule has 0 fully saturated rings. The lowest BCUT2D eigenvalue weighted by Gasteiger charge is -2.21. The Morgan fingerprint density at radius 2 is 1.88 bits per heavy atom. The summed E-state index contributed by atoms with van der Waals surface area (Å²) in [5.74, 6) is 0.103. The van der Waals surface area contributed by atoms with Crippen LogP contribution in [0.25, 0.3) is 11.3 Å². The van der Waals surface area contributed by atoms with Crippen LogP contribution < -0.4 is 10.6 Å². The minimum atomic E-state index is -0.680. The zero-order valence-electron chi connectivity index (χ0n) is 15.3. The summed E-state index contributed by atoms with van der Waals surface area (Å²) in [5, 5.41) is 5.30. The van der Waals surface area contributed by atoms with E-state index < -0.39 is 17.7 Å². The third kappa shape index (κ3) is 5.32. The predicted molar refractivity (Wildman–Crippen MR) is 104 cm³/mol. The van der Waals surface area contributed by atoms with Crippen LogP contribution in [0.2, 0.25) is 0 Å². The van der Waals surface area contributed by atoms with Gasteiger partial charge >= 0.3 is 12.1 Å². The minimum Gasteiger partial charge on any atom is -0.443 e. The average molecular weight is 423 g/mol. The topological polar surface area (TPSA) is 85.3 Å². The fraction of sp³-hybridized carbons (Fsp3) is 0.389. The van der Waals surface area contributed by atoms with Gasteiger partial charge in [0.2, 0.25) is 5.95 Å². The zero-order chi connectivity index (χ0) is 19.3. The zero-order valence-corrected chi connectivity index (χ0v) is 16.9. The van der Waals surface area contributed by atoms with Gasteiger partial charge in [-0.3, -0.25) is 5.32 Å². The predicted octanol–water partition coefficient (Wildman–Crippen LogP) is 4.63. The second-order valence-electron chi connectivity index (χ2n) is 6.67. The molecular weight excluding hydrogens is 400 g/mol. The van der Waals surface area contributed by atoms with Crippen molar-refractivity contribution in [2.75, 3.05) is 11.9 Å². The van der Waals surface area contributed by atoms with Crippen molar-refractivity contribution in [2.24, 2.45) is 0 Å². The molecular formula is C18H23BrN4O3. The highest BCUT2D eigenvalue weighted by atomic mass is 79.9. The Hall–Kier alpha value is -2.35. The van der Waals surface area contributed by atoms with Gasteiger partial charge in [-0.2, -0.15) is 0 Å². The van der Waals surface area contributed by atoms with E-state index in [-0.39, 0.29) is 5.95 Å². The highest BCUT2D eigenvalue weighted by molar-refractivity contribution is 9.10. The summed E-state index contributed by atoms with van der Waals surface area (Å²) in [5.41, 5.74) is 0.617. The van der Waals surface area contributed by atoms with Crippen LogP contribution in [0.3, 0.4) is 0 Å². The molecule has 0 atom stereocenters. The first-order valence-electron chi connectivity index (χ1n) is 8.33. The number of nitrogens with one attached hydrogen (secondary N) is 2. The smallest absolute Gasteiger partial charge is 0.421 e. The van der Waals surface area contributed by atoms with Crippen molar-refractivity contribution in [3.8, 4) is 11.3 Å².